The Morgan fingerprint density at radius 2 is 2.18 bits per heavy atom. The minimum atomic E-state index is -0.559. The highest BCUT2D eigenvalue weighted by atomic mass is 16.3. The Balaban J connectivity index is 2.66. The fraction of sp³-hybridized carbons (Fsp3) is 0.750. The molecule has 1 heteroatoms. The van der Waals surface area contributed by atoms with Crippen LogP contribution in [-0.4, -0.2) is 10.7 Å². The first kappa shape index (κ1) is 14.5. The molecule has 0 aromatic carbocycles. The molecule has 0 amide bonds. The van der Waals surface area contributed by atoms with Gasteiger partial charge in [0.25, 0.3) is 0 Å². The van der Waals surface area contributed by atoms with Gasteiger partial charge in [-0.1, -0.05) is 30.2 Å². The molecule has 0 aliphatic heterocycles. The Morgan fingerprint density at radius 3 is 2.65 bits per heavy atom. The second kappa shape index (κ2) is 5.39. The van der Waals surface area contributed by atoms with Gasteiger partial charge in [-0.2, -0.15) is 0 Å². The zero-order chi connectivity index (χ0) is 13.1. The van der Waals surface area contributed by atoms with E-state index in [2.05, 4.69) is 39.8 Å². The molecule has 1 aliphatic carbocycles. The van der Waals surface area contributed by atoms with Crippen molar-refractivity contribution in [2.75, 3.05) is 0 Å². The zero-order valence-electron chi connectivity index (χ0n) is 12.1. The second-order valence-corrected chi connectivity index (χ2v) is 6.41. The monoisotopic (exact) mass is 236 g/mol. The first-order valence-electron chi connectivity index (χ1n) is 6.78. The van der Waals surface area contributed by atoms with Crippen molar-refractivity contribution in [3.05, 3.63) is 23.3 Å². The van der Waals surface area contributed by atoms with Crippen LogP contribution in [0.1, 0.15) is 66.7 Å². The number of hydrogen-bond donors (Lipinski definition) is 1. The molecule has 0 saturated carbocycles. The summed E-state index contributed by atoms with van der Waals surface area (Å²) >= 11 is 0. The van der Waals surface area contributed by atoms with Crippen molar-refractivity contribution in [3.63, 3.8) is 0 Å². The molecule has 1 aliphatic rings. The van der Waals surface area contributed by atoms with E-state index in [1.54, 1.807) is 0 Å². The number of allylic oxidation sites excluding steroid dienone is 4. The summed E-state index contributed by atoms with van der Waals surface area (Å²) in [6.45, 7) is 10.7. The third-order valence-electron chi connectivity index (χ3n) is 4.46. The Morgan fingerprint density at radius 1 is 1.53 bits per heavy atom. The summed E-state index contributed by atoms with van der Waals surface area (Å²) < 4.78 is 0. The molecule has 0 fully saturated rings. The minimum absolute atomic E-state index is 0.0436. The van der Waals surface area contributed by atoms with E-state index in [0.29, 0.717) is 0 Å². The van der Waals surface area contributed by atoms with Gasteiger partial charge in [-0.3, -0.25) is 0 Å². The zero-order valence-corrected chi connectivity index (χ0v) is 12.1. The third-order valence-corrected chi connectivity index (χ3v) is 4.46. The molecule has 1 rings (SSSR count). The number of rotatable bonds is 4. The molecule has 2 atom stereocenters. The van der Waals surface area contributed by atoms with E-state index in [4.69, 9.17) is 0 Å². The first-order chi connectivity index (χ1) is 7.77. The molecular weight excluding hydrogens is 208 g/mol. The summed E-state index contributed by atoms with van der Waals surface area (Å²) in [7, 11) is 0. The normalized spacial score (nSPS) is 28.2. The number of hydrogen-bond acceptors (Lipinski definition) is 1. The van der Waals surface area contributed by atoms with Gasteiger partial charge < -0.3 is 5.11 Å². The van der Waals surface area contributed by atoms with Crippen molar-refractivity contribution in [2.45, 2.75) is 72.3 Å². The maximum atomic E-state index is 10.7. The van der Waals surface area contributed by atoms with Crippen molar-refractivity contribution in [1.29, 1.82) is 0 Å². The van der Waals surface area contributed by atoms with Gasteiger partial charge in [0.2, 0.25) is 0 Å². The van der Waals surface area contributed by atoms with Crippen molar-refractivity contribution < 1.29 is 5.11 Å². The summed E-state index contributed by atoms with van der Waals surface area (Å²) in [6.07, 6.45) is 9.63. The van der Waals surface area contributed by atoms with Crippen LogP contribution in [-0.2, 0) is 0 Å². The lowest BCUT2D eigenvalue weighted by atomic mass is 9.64. The van der Waals surface area contributed by atoms with Gasteiger partial charge in [-0.05, 0) is 65.2 Å². The van der Waals surface area contributed by atoms with E-state index in [-0.39, 0.29) is 5.41 Å². The van der Waals surface area contributed by atoms with E-state index in [0.717, 1.165) is 32.1 Å². The average Bonchev–Trinajstić information content (AvgIpc) is 2.21. The molecule has 0 radical (unpaired) electrons. The highest BCUT2D eigenvalue weighted by Crippen LogP contribution is 2.45. The summed E-state index contributed by atoms with van der Waals surface area (Å²) in [4.78, 5) is 0. The molecule has 0 bridgehead atoms. The molecule has 1 nitrogen and oxygen atoms in total. The van der Waals surface area contributed by atoms with E-state index in [9.17, 15) is 5.11 Å². The van der Waals surface area contributed by atoms with Crippen LogP contribution < -0.4 is 0 Å². The van der Waals surface area contributed by atoms with E-state index in [1.165, 1.54) is 11.1 Å². The largest absolute Gasteiger partial charge is 0.390 e. The molecular formula is C16H28O. The molecule has 2 unspecified atom stereocenters. The van der Waals surface area contributed by atoms with Gasteiger partial charge in [0, 0.05) is 0 Å². The Labute approximate surface area is 107 Å². The van der Waals surface area contributed by atoms with E-state index >= 15 is 0 Å². The third kappa shape index (κ3) is 3.70. The van der Waals surface area contributed by atoms with Gasteiger partial charge in [0.1, 0.15) is 0 Å². The highest BCUT2D eigenvalue weighted by Gasteiger charge is 2.42. The summed E-state index contributed by atoms with van der Waals surface area (Å²) in [5, 5.41) is 10.7. The Hall–Kier alpha value is -0.560. The predicted molar refractivity (Wildman–Crippen MR) is 75.0 cm³/mol. The average molecular weight is 236 g/mol. The molecule has 17 heavy (non-hydrogen) atoms. The summed E-state index contributed by atoms with van der Waals surface area (Å²) in [6, 6.07) is 0. The molecule has 0 aromatic heterocycles. The molecule has 98 valence electrons. The van der Waals surface area contributed by atoms with E-state index < -0.39 is 5.60 Å². The number of aliphatic hydroxyl groups is 1. The fourth-order valence-corrected chi connectivity index (χ4v) is 2.51. The van der Waals surface area contributed by atoms with Crippen LogP contribution in [0.4, 0.5) is 0 Å². The lowest BCUT2D eigenvalue weighted by Crippen LogP contribution is -2.44. The van der Waals surface area contributed by atoms with Crippen molar-refractivity contribution in [1.82, 2.24) is 0 Å². The Bertz CT molecular complexity index is 318. The highest BCUT2D eigenvalue weighted by molar-refractivity contribution is 5.10. The van der Waals surface area contributed by atoms with Crippen LogP contribution in [0, 0.1) is 5.41 Å². The maximum absolute atomic E-state index is 10.7. The lowest BCUT2D eigenvalue weighted by molar-refractivity contribution is -0.0721. The second-order valence-electron chi connectivity index (χ2n) is 6.41. The van der Waals surface area contributed by atoms with Crippen molar-refractivity contribution in [3.8, 4) is 0 Å². The molecule has 0 saturated heterocycles. The molecule has 0 aromatic rings. The SMILES string of the molecule is CC(C)=CCCC(C)(O)C1(C)CC=C(C)CC1. The van der Waals surface area contributed by atoms with Gasteiger partial charge in [-0.15, -0.1) is 0 Å². The molecule has 1 N–H and O–H groups in total. The van der Waals surface area contributed by atoms with Crippen LogP contribution in [0.5, 0.6) is 0 Å². The quantitative estimate of drug-likeness (QED) is 0.706. The van der Waals surface area contributed by atoms with Gasteiger partial charge in [0.05, 0.1) is 5.60 Å². The molecule has 0 heterocycles. The predicted octanol–water partition coefficient (Wildman–Crippen LogP) is 4.62. The maximum Gasteiger partial charge on any atom is 0.0679 e. The van der Waals surface area contributed by atoms with Crippen LogP contribution >= 0.6 is 0 Å². The van der Waals surface area contributed by atoms with Crippen molar-refractivity contribution >= 4 is 0 Å². The van der Waals surface area contributed by atoms with Crippen LogP contribution in [0.25, 0.3) is 0 Å². The minimum Gasteiger partial charge on any atom is -0.390 e. The smallest absolute Gasteiger partial charge is 0.0679 e. The summed E-state index contributed by atoms with van der Waals surface area (Å²) in [5.41, 5.74) is 2.30. The van der Waals surface area contributed by atoms with Gasteiger partial charge in [0.15, 0.2) is 0 Å². The van der Waals surface area contributed by atoms with Crippen LogP contribution in [0.3, 0.4) is 0 Å². The Kier molecular flexibility index (Phi) is 4.60. The van der Waals surface area contributed by atoms with E-state index in [1.807, 2.05) is 6.92 Å². The fourth-order valence-electron chi connectivity index (χ4n) is 2.51. The van der Waals surface area contributed by atoms with Crippen LogP contribution in [0.2, 0.25) is 0 Å². The first-order valence-corrected chi connectivity index (χ1v) is 6.78. The van der Waals surface area contributed by atoms with Gasteiger partial charge >= 0.3 is 0 Å². The van der Waals surface area contributed by atoms with Crippen molar-refractivity contribution in [2.24, 2.45) is 5.41 Å². The summed E-state index contributed by atoms with van der Waals surface area (Å²) in [5.74, 6) is 0. The van der Waals surface area contributed by atoms with Gasteiger partial charge in [-0.25, -0.2) is 0 Å². The molecule has 0 spiro atoms. The van der Waals surface area contributed by atoms with Crippen LogP contribution in [0.15, 0.2) is 23.3 Å². The standard InChI is InChI=1S/C16H28O/c1-13(2)7-6-10-16(5,17)15(4)11-8-14(3)9-12-15/h7-8,17H,6,9-12H2,1-5H3. The topological polar surface area (TPSA) is 20.2 Å². The lowest BCUT2D eigenvalue weighted by Gasteiger charge is -2.45.